The molecule has 0 saturated carbocycles. The molecule has 5 rings (SSSR count). The average molecular weight is 330 g/mol. The molecular weight excluding hydrogens is 308 g/mol. The monoisotopic (exact) mass is 330 g/mol. The first-order chi connectivity index (χ1) is 12.3. The Hall–Kier alpha value is -2.55. The largest absolute Gasteiger partial charge is 0.361 e. The summed E-state index contributed by atoms with van der Waals surface area (Å²) in [5.74, 6) is 0.683. The zero-order valence-electron chi connectivity index (χ0n) is 14.2. The summed E-state index contributed by atoms with van der Waals surface area (Å²) in [6, 6.07) is 17.2. The molecule has 25 heavy (non-hydrogen) atoms. The lowest BCUT2D eigenvalue weighted by molar-refractivity contribution is 0.0547. The first kappa shape index (κ1) is 14.8. The number of amides is 1. The summed E-state index contributed by atoms with van der Waals surface area (Å²) in [5, 5.41) is 1.15. The number of nitrogens with one attached hydrogen (secondary N) is 1. The Bertz CT molecular complexity index is 942. The van der Waals surface area contributed by atoms with Gasteiger partial charge in [0.1, 0.15) is 0 Å². The molecule has 1 saturated heterocycles. The van der Waals surface area contributed by atoms with E-state index in [9.17, 15) is 4.79 Å². The zero-order chi connectivity index (χ0) is 16.8. The minimum atomic E-state index is 0.186. The third-order valence-corrected chi connectivity index (χ3v) is 6.01. The van der Waals surface area contributed by atoms with E-state index in [0.29, 0.717) is 12.0 Å². The van der Waals surface area contributed by atoms with Crippen LogP contribution in [-0.4, -0.2) is 28.4 Å². The van der Waals surface area contributed by atoms with Gasteiger partial charge >= 0.3 is 0 Å². The van der Waals surface area contributed by atoms with Crippen LogP contribution < -0.4 is 0 Å². The number of rotatable bonds is 1. The van der Waals surface area contributed by atoms with Crippen molar-refractivity contribution in [3.8, 4) is 0 Å². The maximum atomic E-state index is 13.2. The number of hydrogen-bond acceptors (Lipinski definition) is 1. The molecule has 2 aliphatic rings. The van der Waals surface area contributed by atoms with E-state index in [4.69, 9.17) is 0 Å². The Morgan fingerprint density at radius 2 is 2.00 bits per heavy atom. The van der Waals surface area contributed by atoms with Gasteiger partial charge in [0.15, 0.2) is 0 Å². The molecule has 3 nitrogen and oxygen atoms in total. The molecule has 2 aromatic carbocycles. The molecule has 2 heterocycles. The van der Waals surface area contributed by atoms with Gasteiger partial charge in [0.05, 0.1) is 0 Å². The number of benzene rings is 2. The lowest BCUT2D eigenvalue weighted by Crippen LogP contribution is -2.49. The van der Waals surface area contributed by atoms with E-state index in [1.54, 1.807) is 0 Å². The molecule has 1 aromatic heterocycles. The van der Waals surface area contributed by atoms with Crippen LogP contribution in [0.3, 0.4) is 0 Å². The van der Waals surface area contributed by atoms with E-state index in [2.05, 4.69) is 34.1 Å². The van der Waals surface area contributed by atoms with Crippen molar-refractivity contribution in [1.29, 1.82) is 0 Å². The van der Waals surface area contributed by atoms with E-state index < -0.39 is 0 Å². The summed E-state index contributed by atoms with van der Waals surface area (Å²) in [4.78, 5) is 18.6. The second kappa shape index (κ2) is 5.76. The van der Waals surface area contributed by atoms with Crippen molar-refractivity contribution in [2.24, 2.45) is 0 Å². The Morgan fingerprint density at radius 1 is 1.08 bits per heavy atom. The van der Waals surface area contributed by atoms with Crippen molar-refractivity contribution in [2.45, 2.75) is 37.6 Å². The van der Waals surface area contributed by atoms with Gasteiger partial charge in [-0.05, 0) is 60.4 Å². The van der Waals surface area contributed by atoms with Gasteiger partial charge in [0.2, 0.25) is 0 Å². The molecule has 1 fully saturated rings. The third-order valence-electron chi connectivity index (χ3n) is 6.01. The van der Waals surface area contributed by atoms with Crippen LogP contribution in [0.2, 0.25) is 0 Å². The Labute approximate surface area is 147 Å². The van der Waals surface area contributed by atoms with Gasteiger partial charge in [-0.15, -0.1) is 0 Å². The Morgan fingerprint density at radius 3 is 2.96 bits per heavy atom. The van der Waals surface area contributed by atoms with Gasteiger partial charge < -0.3 is 9.88 Å². The summed E-state index contributed by atoms with van der Waals surface area (Å²) in [6.45, 7) is 0.880. The van der Waals surface area contributed by atoms with Crippen LogP contribution in [0.25, 0.3) is 10.9 Å². The summed E-state index contributed by atoms with van der Waals surface area (Å²) in [6.07, 6.45) is 6.37. The number of carbonyl (C=O) groups excluding carboxylic acids is 1. The number of piperidine rings is 1. The number of likely N-dealkylation sites (tertiary alicyclic amines) is 1. The summed E-state index contributed by atoms with van der Waals surface area (Å²) in [5.41, 5.74) is 4.78. The number of nitrogens with zero attached hydrogens (tertiary/aromatic N) is 1. The number of fused-ring (bicyclic) bond motifs is 4. The van der Waals surface area contributed by atoms with E-state index in [1.807, 2.05) is 30.5 Å². The SMILES string of the molecule is O=C(c1ccc2cc[nH]c2c1)N1CCCC2c3ccccc3CCC21. The second-order valence-electron chi connectivity index (χ2n) is 7.33. The van der Waals surface area contributed by atoms with Gasteiger partial charge in [0, 0.05) is 35.8 Å². The van der Waals surface area contributed by atoms with Crippen molar-refractivity contribution < 1.29 is 4.79 Å². The molecular formula is C22H22N2O. The Balaban J connectivity index is 1.48. The van der Waals surface area contributed by atoms with Crippen LogP contribution in [0.5, 0.6) is 0 Å². The fourth-order valence-corrected chi connectivity index (χ4v) is 4.80. The number of hydrogen-bond donors (Lipinski definition) is 1. The third kappa shape index (κ3) is 2.38. The second-order valence-corrected chi connectivity index (χ2v) is 7.33. The van der Waals surface area contributed by atoms with Crippen molar-refractivity contribution in [3.63, 3.8) is 0 Å². The van der Waals surface area contributed by atoms with Crippen LogP contribution in [0.1, 0.15) is 46.7 Å². The number of aromatic nitrogens is 1. The summed E-state index contributed by atoms with van der Waals surface area (Å²) in [7, 11) is 0. The van der Waals surface area contributed by atoms with Crippen molar-refractivity contribution in [2.75, 3.05) is 6.54 Å². The molecule has 0 spiro atoms. The van der Waals surface area contributed by atoms with Crippen molar-refractivity contribution >= 4 is 16.8 Å². The number of H-pyrrole nitrogens is 1. The smallest absolute Gasteiger partial charge is 0.254 e. The molecule has 1 N–H and O–H groups in total. The summed E-state index contributed by atoms with van der Waals surface area (Å²) < 4.78 is 0. The highest BCUT2D eigenvalue weighted by Gasteiger charge is 2.38. The Kier molecular flexibility index (Phi) is 3.40. The lowest BCUT2D eigenvalue weighted by Gasteiger charge is -2.45. The maximum absolute atomic E-state index is 13.2. The molecule has 1 aliphatic carbocycles. The van der Waals surface area contributed by atoms with Crippen LogP contribution in [0.4, 0.5) is 0 Å². The van der Waals surface area contributed by atoms with Gasteiger partial charge in [-0.2, -0.15) is 0 Å². The van der Waals surface area contributed by atoms with E-state index in [-0.39, 0.29) is 5.91 Å². The topological polar surface area (TPSA) is 36.1 Å². The standard InChI is InChI=1S/C22H22N2O/c25-22(17-8-7-16-11-12-23-20(16)14-17)24-13-3-6-19-18-5-2-1-4-15(18)9-10-21(19)24/h1-2,4-5,7-8,11-12,14,19,21,23H,3,6,9-10,13H2. The summed E-state index contributed by atoms with van der Waals surface area (Å²) >= 11 is 0. The fourth-order valence-electron chi connectivity index (χ4n) is 4.80. The van der Waals surface area contributed by atoms with Gasteiger partial charge in [-0.3, -0.25) is 4.79 Å². The zero-order valence-corrected chi connectivity index (χ0v) is 14.2. The van der Waals surface area contributed by atoms with Crippen molar-refractivity contribution in [1.82, 2.24) is 9.88 Å². The molecule has 0 bridgehead atoms. The first-order valence-electron chi connectivity index (χ1n) is 9.27. The van der Waals surface area contributed by atoms with Gasteiger partial charge in [-0.1, -0.05) is 30.3 Å². The van der Waals surface area contributed by atoms with Crippen LogP contribution in [-0.2, 0) is 6.42 Å². The quantitative estimate of drug-likeness (QED) is 0.700. The highest BCUT2D eigenvalue weighted by atomic mass is 16.2. The van der Waals surface area contributed by atoms with E-state index in [1.165, 1.54) is 17.5 Å². The van der Waals surface area contributed by atoms with Crippen molar-refractivity contribution in [3.05, 3.63) is 71.4 Å². The number of aryl methyl sites for hydroxylation is 1. The lowest BCUT2D eigenvalue weighted by atomic mass is 9.74. The first-order valence-corrected chi connectivity index (χ1v) is 9.27. The van der Waals surface area contributed by atoms with Gasteiger partial charge in [-0.25, -0.2) is 0 Å². The number of carbonyl (C=O) groups is 1. The highest BCUT2D eigenvalue weighted by Crippen LogP contribution is 2.41. The van der Waals surface area contributed by atoms with Gasteiger partial charge in [0.25, 0.3) is 5.91 Å². The van der Waals surface area contributed by atoms with Crippen LogP contribution in [0, 0.1) is 0 Å². The van der Waals surface area contributed by atoms with Crippen LogP contribution >= 0.6 is 0 Å². The molecule has 3 heteroatoms. The predicted molar refractivity (Wildman–Crippen MR) is 99.9 cm³/mol. The van der Waals surface area contributed by atoms with Crippen LogP contribution in [0.15, 0.2) is 54.7 Å². The molecule has 2 unspecified atom stereocenters. The molecule has 2 atom stereocenters. The maximum Gasteiger partial charge on any atom is 0.254 e. The molecule has 126 valence electrons. The molecule has 3 aromatic rings. The normalized spacial score (nSPS) is 22.5. The molecule has 1 aliphatic heterocycles. The number of aromatic amines is 1. The predicted octanol–water partition coefficient (Wildman–Crippen LogP) is 4.50. The molecule has 0 radical (unpaired) electrons. The molecule has 1 amide bonds. The minimum absolute atomic E-state index is 0.186. The average Bonchev–Trinajstić information content (AvgIpc) is 3.14. The van der Waals surface area contributed by atoms with E-state index in [0.717, 1.165) is 42.3 Å². The highest BCUT2D eigenvalue weighted by molar-refractivity contribution is 5.98. The fraction of sp³-hybridized carbons (Fsp3) is 0.318. The van der Waals surface area contributed by atoms with E-state index >= 15 is 0 Å². The minimum Gasteiger partial charge on any atom is -0.361 e.